The lowest BCUT2D eigenvalue weighted by atomic mass is 9.82. The average Bonchev–Trinajstić information content (AvgIpc) is 2.88. The third-order valence-electron chi connectivity index (χ3n) is 3.62. The molecule has 0 aromatic heterocycles. The first kappa shape index (κ1) is 16.4. The number of rotatable bonds is 3. The number of hydrogen-bond donors (Lipinski definition) is 2. The summed E-state index contributed by atoms with van der Waals surface area (Å²) in [7, 11) is 1.50. The van der Waals surface area contributed by atoms with Gasteiger partial charge in [0.05, 0.1) is 0 Å². The first-order valence-corrected chi connectivity index (χ1v) is 7.00. The molecule has 0 radical (unpaired) electrons. The van der Waals surface area contributed by atoms with E-state index in [1.165, 1.54) is 7.05 Å². The van der Waals surface area contributed by atoms with Crippen molar-refractivity contribution in [3.05, 3.63) is 71.8 Å². The summed E-state index contributed by atoms with van der Waals surface area (Å²) < 4.78 is 0. The molecule has 120 valence electrons. The molecule has 0 aliphatic carbocycles. The van der Waals surface area contributed by atoms with Gasteiger partial charge in [-0.15, -0.1) is 0 Å². The Labute approximate surface area is 135 Å². The predicted molar refractivity (Wildman–Crippen MR) is 87.3 cm³/mol. The summed E-state index contributed by atoms with van der Waals surface area (Å²) in [5, 5.41) is 2.22. The van der Waals surface area contributed by atoms with Crippen LogP contribution < -0.4 is 11.1 Å². The van der Waals surface area contributed by atoms with Crippen molar-refractivity contribution in [3.8, 4) is 0 Å². The fraction of sp³-hybridized carbons (Fsp3) is 0.118. The van der Waals surface area contributed by atoms with E-state index in [1.807, 2.05) is 12.1 Å². The summed E-state index contributed by atoms with van der Waals surface area (Å²) in [6.45, 7) is 0. The topological polar surface area (TPSA) is 92.5 Å². The Kier molecular flexibility index (Phi) is 4.88. The second kappa shape index (κ2) is 6.85. The minimum absolute atomic E-state index is 0. The Morgan fingerprint density at radius 3 is 1.78 bits per heavy atom. The van der Waals surface area contributed by atoms with Crippen LogP contribution in [-0.4, -0.2) is 30.3 Å². The van der Waals surface area contributed by atoms with Gasteiger partial charge >= 0.3 is 6.03 Å². The number of carbonyl (C=O) groups is 3. The summed E-state index contributed by atoms with van der Waals surface area (Å²) >= 11 is 0. The summed E-state index contributed by atoms with van der Waals surface area (Å²) in [4.78, 5) is 36.8. The van der Waals surface area contributed by atoms with E-state index < -0.39 is 17.5 Å². The van der Waals surface area contributed by atoms with Crippen molar-refractivity contribution in [2.24, 2.45) is 5.73 Å². The molecule has 1 heterocycles. The molecule has 3 rings (SSSR count). The largest absolute Gasteiger partial charge is 0.333 e. The molecule has 2 aromatic carbocycles. The van der Waals surface area contributed by atoms with Crippen LogP contribution >= 0.6 is 0 Å². The number of benzene rings is 2. The lowest BCUT2D eigenvalue weighted by Crippen LogP contribution is -2.47. The molecule has 2 aromatic rings. The highest BCUT2D eigenvalue weighted by molar-refractivity contribution is 6.13. The number of amides is 4. The molecule has 4 amide bonds. The maximum atomic E-state index is 12.5. The van der Waals surface area contributed by atoms with Gasteiger partial charge in [0.2, 0.25) is 6.41 Å². The lowest BCUT2D eigenvalue weighted by molar-refractivity contribution is -0.130. The molecule has 0 bridgehead atoms. The maximum absolute atomic E-state index is 12.5. The van der Waals surface area contributed by atoms with Crippen LogP contribution in [0.25, 0.3) is 0 Å². The van der Waals surface area contributed by atoms with E-state index in [-0.39, 0.29) is 1.43 Å². The quantitative estimate of drug-likeness (QED) is 0.663. The normalized spacial score (nSPS) is 15.5. The lowest BCUT2D eigenvalue weighted by Gasteiger charge is -2.32. The molecule has 0 atom stereocenters. The van der Waals surface area contributed by atoms with E-state index >= 15 is 0 Å². The Balaban J connectivity index is 0.000000925. The third kappa shape index (κ3) is 2.49. The SMILES string of the molecule is CN.O=CN1C(=O)NC(=O)C1(c1ccccc1)c1ccccc1.[HH]. The molecule has 3 N–H and O–H groups in total. The van der Waals surface area contributed by atoms with Crippen molar-refractivity contribution >= 4 is 18.3 Å². The van der Waals surface area contributed by atoms with Gasteiger partial charge in [-0.1, -0.05) is 60.7 Å². The van der Waals surface area contributed by atoms with Gasteiger partial charge in [0.1, 0.15) is 0 Å². The van der Waals surface area contributed by atoms with Crippen molar-refractivity contribution in [2.45, 2.75) is 5.54 Å². The first-order valence-electron chi connectivity index (χ1n) is 7.00. The van der Waals surface area contributed by atoms with E-state index in [0.717, 1.165) is 4.90 Å². The molecule has 0 saturated carbocycles. The number of urea groups is 1. The van der Waals surface area contributed by atoms with E-state index in [2.05, 4.69) is 11.1 Å². The van der Waals surface area contributed by atoms with Gasteiger partial charge in [0.25, 0.3) is 5.91 Å². The fourth-order valence-electron chi connectivity index (χ4n) is 2.70. The molecular formula is C17H19N3O3. The molecule has 1 aliphatic heterocycles. The molecule has 23 heavy (non-hydrogen) atoms. The van der Waals surface area contributed by atoms with Gasteiger partial charge in [-0.2, -0.15) is 0 Å². The second-order valence-corrected chi connectivity index (χ2v) is 4.68. The maximum Gasteiger partial charge on any atom is 0.332 e. The molecular weight excluding hydrogens is 294 g/mol. The fourth-order valence-corrected chi connectivity index (χ4v) is 2.70. The van der Waals surface area contributed by atoms with Crippen LogP contribution in [0.3, 0.4) is 0 Å². The summed E-state index contributed by atoms with van der Waals surface area (Å²) in [5.41, 5.74) is 4.17. The number of nitrogens with one attached hydrogen (secondary N) is 1. The van der Waals surface area contributed by atoms with Crippen molar-refractivity contribution in [1.29, 1.82) is 0 Å². The van der Waals surface area contributed by atoms with Gasteiger partial charge in [0.15, 0.2) is 5.54 Å². The third-order valence-corrected chi connectivity index (χ3v) is 3.62. The van der Waals surface area contributed by atoms with Crippen LogP contribution in [0, 0.1) is 0 Å². The summed E-state index contributed by atoms with van der Waals surface area (Å²) in [6.07, 6.45) is 0.389. The monoisotopic (exact) mass is 313 g/mol. The van der Waals surface area contributed by atoms with E-state index in [1.54, 1.807) is 48.5 Å². The number of imide groups is 2. The molecule has 6 nitrogen and oxygen atoms in total. The van der Waals surface area contributed by atoms with Gasteiger partial charge in [-0.05, 0) is 18.2 Å². The number of hydrogen-bond acceptors (Lipinski definition) is 4. The van der Waals surface area contributed by atoms with Crippen molar-refractivity contribution < 1.29 is 15.8 Å². The van der Waals surface area contributed by atoms with E-state index in [9.17, 15) is 14.4 Å². The first-order chi connectivity index (χ1) is 11.2. The van der Waals surface area contributed by atoms with Crippen molar-refractivity contribution in [3.63, 3.8) is 0 Å². The van der Waals surface area contributed by atoms with Gasteiger partial charge in [-0.3, -0.25) is 14.9 Å². The van der Waals surface area contributed by atoms with Gasteiger partial charge in [0, 0.05) is 1.43 Å². The zero-order chi connectivity index (χ0) is 16.9. The Hall–Kier alpha value is -2.99. The van der Waals surface area contributed by atoms with Crippen LogP contribution in [0.4, 0.5) is 4.79 Å². The standard InChI is InChI=1S/C16H12N2O3.CH5N.H2/c19-11-18-15(21)17-14(20)16(18,12-7-3-1-4-8-12)13-9-5-2-6-10-13;1-2;/h1-11H,(H,17,20,21);2H2,1H3;1H. The van der Waals surface area contributed by atoms with Gasteiger partial charge in [-0.25, -0.2) is 9.69 Å². The Bertz CT molecular complexity index is 668. The second-order valence-electron chi connectivity index (χ2n) is 4.68. The van der Waals surface area contributed by atoms with E-state index in [4.69, 9.17) is 0 Å². The highest BCUT2D eigenvalue weighted by atomic mass is 16.2. The minimum Gasteiger partial charge on any atom is -0.333 e. The van der Waals surface area contributed by atoms with Crippen LogP contribution in [0.1, 0.15) is 12.6 Å². The number of nitrogens with zero attached hydrogens (tertiary/aromatic N) is 1. The summed E-state index contributed by atoms with van der Waals surface area (Å²) in [5.74, 6) is -0.531. The Morgan fingerprint density at radius 2 is 1.39 bits per heavy atom. The Morgan fingerprint density at radius 1 is 0.957 bits per heavy atom. The molecule has 0 spiro atoms. The zero-order valence-corrected chi connectivity index (χ0v) is 12.6. The van der Waals surface area contributed by atoms with Crippen molar-refractivity contribution in [2.75, 3.05) is 7.05 Å². The minimum atomic E-state index is -1.46. The van der Waals surface area contributed by atoms with Crippen molar-refractivity contribution in [1.82, 2.24) is 10.2 Å². The van der Waals surface area contributed by atoms with Crippen LogP contribution in [-0.2, 0) is 15.1 Å². The predicted octanol–water partition coefficient (Wildman–Crippen LogP) is 1.46. The molecule has 1 fully saturated rings. The summed E-state index contributed by atoms with van der Waals surface area (Å²) in [6, 6.07) is 16.8. The number of nitrogens with two attached hydrogens (primary N) is 1. The van der Waals surface area contributed by atoms with Crippen LogP contribution in [0.2, 0.25) is 0 Å². The highest BCUT2D eigenvalue weighted by Gasteiger charge is 2.55. The van der Waals surface area contributed by atoms with Crippen LogP contribution in [0.15, 0.2) is 60.7 Å². The number of carbonyl (C=O) groups excluding carboxylic acids is 3. The van der Waals surface area contributed by atoms with Crippen LogP contribution in [0.5, 0.6) is 0 Å². The zero-order valence-electron chi connectivity index (χ0n) is 12.6. The average molecular weight is 313 g/mol. The molecule has 1 aliphatic rings. The highest BCUT2D eigenvalue weighted by Crippen LogP contribution is 2.38. The van der Waals surface area contributed by atoms with E-state index in [0.29, 0.717) is 17.5 Å². The smallest absolute Gasteiger partial charge is 0.332 e. The molecule has 6 heteroatoms. The van der Waals surface area contributed by atoms with Gasteiger partial charge < -0.3 is 5.73 Å². The molecule has 0 unspecified atom stereocenters. The molecule has 1 saturated heterocycles.